The number of aliphatic hydroxyl groups is 1. The predicted octanol–water partition coefficient (Wildman–Crippen LogP) is 3.25. The second kappa shape index (κ2) is 9.15. The number of amides is 2. The van der Waals surface area contributed by atoms with E-state index in [2.05, 4.69) is 5.32 Å². The first kappa shape index (κ1) is 25.5. The van der Waals surface area contributed by atoms with Crippen LogP contribution in [0.3, 0.4) is 0 Å². The van der Waals surface area contributed by atoms with Crippen LogP contribution in [0.15, 0.2) is 41.3 Å². The zero-order valence-corrected chi connectivity index (χ0v) is 20.7. The molecule has 7 nitrogen and oxygen atoms in total. The van der Waals surface area contributed by atoms with E-state index in [-0.39, 0.29) is 41.3 Å². The van der Waals surface area contributed by atoms with E-state index in [0.29, 0.717) is 6.42 Å². The van der Waals surface area contributed by atoms with Crippen LogP contribution in [0.5, 0.6) is 0 Å². The van der Waals surface area contributed by atoms with Crippen LogP contribution in [0.25, 0.3) is 0 Å². The summed E-state index contributed by atoms with van der Waals surface area (Å²) in [5, 5.41) is 13.0. The molecule has 188 valence electrons. The number of halogens is 3. The lowest BCUT2D eigenvalue weighted by atomic mass is 9.97. The number of nitrogens with zero attached hydrogens (tertiary/aromatic N) is 1. The molecule has 0 spiro atoms. The lowest BCUT2D eigenvalue weighted by Crippen LogP contribution is -2.49. The Hall–Kier alpha value is -2.56. The molecule has 2 fully saturated rings. The van der Waals surface area contributed by atoms with Crippen molar-refractivity contribution in [1.82, 2.24) is 10.2 Å². The molecule has 2 N–H and O–H groups in total. The quantitative estimate of drug-likeness (QED) is 0.562. The summed E-state index contributed by atoms with van der Waals surface area (Å²) < 4.78 is 52.6. The normalized spacial score (nSPS) is 22.1. The van der Waals surface area contributed by atoms with Gasteiger partial charge >= 0.3 is 0 Å². The lowest BCUT2D eigenvalue weighted by Gasteiger charge is -2.29. The van der Waals surface area contributed by atoms with Crippen LogP contribution < -0.4 is 5.32 Å². The second-order valence-electron chi connectivity index (χ2n) is 9.45. The van der Waals surface area contributed by atoms with Gasteiger partial charge in [0, 0.05) is 23.9 Å². The van der Waals surface area contributed by atoms with Crippen LogP contribution >= 0.6 is 11.6 Å². The summed E-state index contributed by atoms with van der Waals surface area (Å²) in [7, 11) is -3.54. The summed E-state index contributed by atoms with van der Waals surface area (Å²) in [6.07, 6.45) is 1.91. The first-order valence-electron chi connectivity index (χ1n) is 11.1. The molecule has 0 radical (unpaired) electrons. The van der Waals surface area contributed by atoms with E-state index in [0.717, 1.165) is 18.4 Å². The molecule has 1 saturated heterocycles. The molecular formula is C24H25ClF2N2O5S. The molecule has 2 aliphatic rings. The van der Waals surface area contributed by atoms with E-state index in [1.807, 2.05) is 6.92 Å². The Morgan fingerprint density at radius 1 is 1.20 bits per heavy atom. The van der Waals surface area contributed by atoms with Gasteiger partial charge in [0.05, 0.1) is 21.6 Å². The van der Waals surface area contributed by atoms with Crippen LogP contribution in [0.1, 0.15) is 48.1 Å². The van der Waals surface area contributed by atoms with Crippen LogP contribution in [-0.4, -0.2) is 54.7 Å². The van der Waals surface area contributed by atoms with Crippen molar-refractivity contribution < 1.29 is 31.9 Å². The van der Waals surface area contributed by atoms with E-state index < -0.39 is 56.0 Å². The third kappa shape index (κ3) is 5.19. The van der Waals surface area contributed by atoms with E-state index in [1.165, 1.54) is 29.2 Å². The molecule has 2 aromatic carbocycles. The molecule has 2 aromatic rings. The maximum atomic E-state index is 14.7. The molecule has 3 atom stereocenters. The minimum atomic E-state index is -3.54. The highest BCUT2D eigenvalue weighted by molar-refractivity contribution is 7.90. The number of hydrogen-bond donors (Lipinski definition) is 2. The molecular weight excluding hydrogens is 502 g/mol. The summed E-state index contributed by atoms with van der Waals surface area (Å²) in [5.74, 6) is -2.94. The van der Waals surface area contributed by atoms with Gasteiger partial charge in [0.15, 0.2) is 9.84 Å². The van der Waals surface area contributed by atoms with Gasteiger partial charge in [-0.05, 0) is 55.5 Å². The number of benzene rings is 2. The third-order valence-electron chi connectivity index (χ3n) is 6.52. The molecule has 1 aliphatic heterocycles. The van der Waals surface area contributed by atoms with Crippen molar-refractivity contribution in [3.05, 3.63) is 64.2 Å². The van der Waals surface area contributed by atoms with Gasteiger partial charge in [-0.15, -0.1) is 0 Å². The monoisotopic (exact) mass is 526 g/mol. The Balaban J connectivity index is 1.61. The average Bonchev–Trinajstić information content (AvgIpc) is 3.41. The van der Waals surface area contributed by atoms with Crippen molar-refractivity contribution in [2.24, 2.45) is 5.92 Å². The number of carbonyl (C=O) groups excluding carboxylic acids is 2. The molecule has 0 aromatic heterocycles. The van der Waals surface area contributed by atoms with E-state index in [9.17, 15) is 31.9 Å². The fraction of sp³-hybridized carbons (Fsp3) is 0.417. The van der Waals surface area contributed by atoms with Gasteiger partial charge in [-0.3, -0.25) is 9.59 Å². The number of likely N-dealkylation sites (tertiary alicyclic amines) is 1. The maximum absolute atomic E-state index is 14.7. The Bertz CT molecular complexity index is 1300. The van der Waals surface area contributed by atoms with Crippen molar-refractivity contribution in [2.45, 2.75) is 48.8 Å². The van der Waals surface area contributed by atoms with Crippen LogP contribution in [0, 0.1) is 17.6 Å². The summed E-state index contributed by atoms with van der Waals surface area (Å²) in [4.78, 5) is 27.9. The minimum absolute atomic E-state index is 0.0205. The van der Waals surface area contributed by atoms with Gasteiger partial charge in [-0.1, -0.05) is 24.6 Å². The van der Waals surface area contributed by atoms with Gasteiger partial charge in [0.1, 0.15) is 17.7 Å². The number of hydrogen-bond acceptors (Lipinski definition) is 5. The number of sulfone groups is 1. The molecule has 4 rings (SSSR count). The number of carbonyl (C=O) groups is 2. The van der Waals surface area contributed by atoms with Crippen molar-refractivity contribution in [3.63, 3.8) is 0 Å². The number of nitrogens with one attached hydrogen (secondary N) is 1. The van der Waals surface area contributed by atoms with Crippen LogP contribution in [0.4, 0.5) is 8.78 Å². The zero-order valence-electron chi connectivity index (χ0n) is 19.1. The van der Waals surface area contributed by atoms with Gasteiger partial charge < -0.3 is 15.3 Å². The molecule has 1 heterocycles. The Morgan fingerprint density at radius 3 is 2.51 bits per heavy atom. The maximum Gasteiger partial charge on any atom is 0.254 e. The zero-order chi connectivity index (χ0) is 25.7. The van der Waals surface area contributed by atoms with Crippen LogP contribution in [0.2, 0.25) is 5.02 Å². The van der Waals surface area contributed by atoms with Crippen molar-refractivity contribution in [3.8, 4) is 0 Å². The SMILES string of the molecule is C[C@@H]1C[C@H](C(=O)N[C@@H](c2cc(F)c(Cl)cc2F)C2(O)CC2)N(C(=O)c2cccc(S(C)(=O)=O)c2)C1. The Morgan fingerprint density at radius 2 is 1.89 bits per heavy atom. The second-order valence-corrected chi connectivity index (χ2v) is 11.9. The Kier molecular flexibility index (Phi) is 6.67. The fourth-order valence-corrected chi connectivity index (χ4v) is 5.28. The average molecular weight is 527 g/mol. The largest absolute Gasteiger partial charge is 0.387 e. The molecule has 0 unspecified atom stereocenters. The molecule has 1 aliphatic carbocycles. The molecule has 35 heavy (non-hydrogen) atoms. The van der Waals surface area contributed by atoms with E-state index in [1.54, 1.807) is 0 Å². The van der Waals surface area contributed by atoms with Crippen LogP contribution in [-0.2, 0) is 14.6 Å². The highest BCUT2D eigenvalue weighted by Crippen LogP contribution is 2.47. The molecule has 11 heteroatoms. The molecule has 0 bridgehead atoms. The third-order valence-corrected chi connectivity index (χ3v) is 7.92. The van der Waals surface area contributed by atoms with E-state index in [4.69, 9.17) is 11.6 Å². The standard InChI is InChI=1S/C24H25ClF2N2O5S/c1-13-8-20(29(12-13)23(31)14-4-3-5-15(9-14)35(2,33)34)22(30)28-21(24(32)6-7-24)16-10-19(27)17(25)11-18(16)26/h3-5,9-11,13,20-21,32H,6-8,12H2,1-2H3,(H,28,30)/t13-,20-,21+/m1/s1. The first-order chi connectivity index (χ1) is 16.3. The fourth-order valence-electron chi connectivity index (χ4n) is 4.46. The van der Waals surface area contributed by atoms with Gasteiger partial charge in [-0.2, -0.15) is 0 Å². The van der Waals surface area contributed by atoms with Crippen molar-refractivity contribution in [1.29, 1.82) is 0 Å². The topological polar surface area (TPSA) is 104 Å². The Labute approximate surface area is 207 Å². The van der Waals surface area contributed by atoms with Gasteiger partial charge in [0.2, 0.25) is 5.91 Å². The van der Waals surface area contributed by atoms with Crippen molar-refractivity contribution in [2.75, 3.05) is 12.8 Å². The summed E-state index contributed by atoms with van der Waals surface area (Å²) in [6.45, 7) is 2.11. The summed E-state index contributed by atoms with van der Waals surface area (Å²) in [5.41, 5.74) is -1.56. The predicted molar refractivity (Wildman–Crippen MR) is 125 cm³/mol. The molecule has 1 saturated carbocycles. The highest BCUT2D eigenvalue weighted by Gasteiger charge is 2.51. The lowest BCUT2D eigenvalue weighted by molar-refractivity contribution is -0.126. The minimum Gasteiger partial charge on any atom is -0.387 e. The summed E-state index contributed by atoms with van der Waals surface area (Å²) >= 11 is 5.65. The highest BCUT2D eigenvalue weighted by atomic mass is 35.5. The number of rotatable bonds is 6. The van der Waals surface area contributed by atoms with Crippen molar-refractivity contribution >= 4 is 33.3 Å². The summed E-state index contributed by atoms with van der Waals surface area (Å²) in [6, 6.07) is 5.04. The smallest absolute Gasteiger partial charge is 0.254 e. The first-order valence-corrected chi connectivity index (χ1v) is 13.4. The van der Waals surface area contributed by atoms with Gasteiger partial charge in [0.25, 0.3) is 5.91 Å². The van der Waals surface area contributed by atoms with Gasteiger partial charge in [-0.25, -0.2) is 17.2 Å². The van der Waals surface area contributed by atoms with E-state index >= 15 is 0 Å². The molecule has 2 amide bonds.